The first-order valence-electron chi connectivity index (χ1n) is 8.77. The van der Waals surface area contributed by atoms with E-state index in [9.17, 15) is 18.9 Å². The Hall–Kier alpha value is -1.99. The van der Waals surface area contributed by atoms with Crippen LogP contribution >= 0.6 is 0 Å². The summed E-state index contributed by atoms with van der Waals surface area (Å²) in [5.74, 6) is -0.776. The van der Waals surface area contributed by atoms with Gasteiger partial charge in [0.1, 0.15) is 12.3 Å². The minimum absolute atomic E-state index is 0.0962. The lowest BCUT2D eigenvalue weighted by molar-refractivity contribution is -0.158. The Labute approximate surface area is 155 Å². The van der Waals surface area contributed by atoms with Crippen LogP contribution in [-0.4, -0.2) is 44.0 Å². The molecule has 140 valence electrons. The molecule has 1 amide bonds. The van der Waals surface area contributed by atoms with Crippen LogP contribution in [0.3, 0.4) is 0 Å². The predicted molar refractivity (Wildman–Crippen MR) is 97.0 cm³/mol. The highest BCUT2D eigenvalue weighted by molar-refractivity contribution is 7.89. The van der Waals surface area contributed by atoms with Crippen molar-refractivity contribution in [3.05, 3.63) is 46.5 Å². The van der Waals surface area contributed by atoms with E-state index in [1.165, 1.54) is 4.90 Å². The number of carbonyl (C=O) groups is 2. The Bertz CT molecular complexity index is 758. The number of aliphatic hydroxyl groups is 1. The lowest BCUT2D eigenvalue weighted by atomic mass is 9.83. The Balaban J connectivity index is 1.78. The monoisotopic (exact) mass is 377 g/mol. The number of ether oxygens (including phenoxy) is 1. The van der Waals surface area contributed by atoms with Gasteiger partial charge in [-0.1, -0.05) is 37.3 Å². The first kappa shape index (κ1) is 18.8. The number of carbonyl (C=O) groups excluding carboxylic acids is 2. The lowest BCUT2D eigenvalue weighted by Crippen LogP contribution is -2.59. The van der Waals surface area contributed by atoms with Crippen molar-refractivity contribution < 1.29 is 23.6 Å². The van der Waals surface area contributed by atoms with E-state index in [4.69, 9.17) is 4.74 Å². The van der Waals surface area contributed by atoms with Crippen molar-refractivity contribution in [3.8, 4) is 0 Å². The van der Waals surface area contributed by atoms with E-state index in [1.807, 2.05) is 30.3 Å². The lowest BCUT2D eigenvalue weighted by Gasteiger charge is -2.44. The summed E-state index contributed by atoms with van der Waals surface area (Å²) in [5, 5.41) is 9.60. The molecule has 2 heterocycles. The first-order chi connectivity index (χ1) is 12.4. The van der Waals surface area contributed by atoms with E-state index in [-0.39, 0.29) is 30.2 Å². The molecule has 0 bridgehead atoms. The summed E-state index contributed by atoms with van der Waals surface area (Å²) < 4.78 is 17.8. The maximum atomic E-state index is 12.7. The number of aliphatic hydroxyl groups excluding tert-OH is 1. The number of fused-ring (bicyclic) bond motifs is 1. The normalized spacial score (nSPS) is 24.1. The topological polar surface area (TPSA) is 83.9 Å². The van der Waals surface area contributed by atoms with Gasteiger partial charge < -0.3 is 14.7 Å². The van der Waals surface area contributed by atoms with Crippen LogP contribution in [0.15, 0.2) is 40.9 Å². The summed E-state index contributed by atoms with van der Waals surface area (Å²) in [4.78, 5) is 27.1. The largest absolute Gasteiger partial charge is 0.456 e. The zero-order valence-corrected chi connectivity index (χ0v) is 15.7. The molecular formula is C19H23NO5S. The van der Waals surface area contributed by atoms with Gasteiger partial charge in [-0.05, 0) is 18.9 Å². The number of benzene rings is 1. The van der Waals surface area contributed by atoms with Crippen LogP contribution in [0.2, 0.25) is 0 Å². The predicted octanol–water partition coefficient (Wildman–Crippen LogP) is 1.71. The number of amides is 1. The number of hydrogen-bond acceptors (Lipinski definition) is 5. The molecule has 7 heteroatoms. The molecule has 0 saturated carbocycles. The maximum Gasteiger partial charge on any atom is 0.356 e. The standard InChI is InChI=1S/C19H23NO5S/c1-3-26(24)16-10-15-14(9-12(2)21)18(22)20(15)17(16)19(23)25-11-13-7-5-4-6-8-13/h4-8,12,14-15,21H,3,9-11H2,1-2H3. The third kappa shape index (κ3) is 3.46. The Kier molecular flexibility index (Phi) is 5.58. The van der Waals surface area contributed by atoms with Crippen LogP contribution < -0.4 is 0 Å². The second-order valence-electron chi connectivity index (χ2n) is 6.64. The van der Waals surface area contributed by atoms with Gasteiger partial charge in [0.25, 0.3) is 0 Å². The zero-order valence-electron chi connectivity index (χ0n) is 14.9. The summed E-state index contributed by atoms with van der Waals surface area (Å²) in [7, 11) is -1.32. The smallest absolute Gasteiger partial charge is 0.356 e. The SMILES string of the molecule is CCS(=O)C1=C(C(=O)OCc2ccccc2)N2C(=O)C(CC(C)O)C2C1. The highest BCUT2D eigenvalue weighted by atomic mass is 32.2. The third-order valence-corrected chi connectivity index (χ3v) is 6.22. The zero-order chi connectivity index (χ0) is 18.8. The van der Waals surface area contributed by atoms with Crippen LogP contribution in [0, 0.1) is 5.92 Å². The van der Waals surface area contributed by atoms with Crippen molar-refractivity contribution in [2.75, 3.05) is 5.75 Å². The molecule has 4 atom stereocenters. The van der Waals surface area contributed by atoms with Crippen molar-refractivity contribution in [1.29, 1.82) is 0 Å². The average Bonchev–Trinajstić information content (AvgIpc) is 3.00. The fourth-order valence-electron chi connectivity index (χ4n) is 3.54. The summed E-state index contributed by atoms with van der Waals surface area (Å²) in [5.41, 5.74) is 0.981. The van der Waals surface area contributed by atoms with E-state index in [0.717, 1.165) is 5.56 Å². The molecule has 0 aromatic heterocycles. The first-order valence-corrected chi connectivity index (χ1v) is 10.1. The van der Waals surface area contributed by atoms with Crippen LogP contribution in [0.25, 0.3) is 0 Å². The van der Waals surface area contributed by atoms with Gasteiger partial charge in [-0.15, -0.1) is 0 Å². The molecule has 26 heavy (non-hydrogen) atoms. The molecule has 1 N–H and O–H groups in total. The van der Waals surface area contributed by atoms with Crippen LogP contribution in [0.4, 0.5) is 0 Å². The third-order valence-electron chi connectivity index (χ3n) is 4.79. The van der Waals surface area contributed by atoms with Gasteiger partial charge in [-0.3, -0.25) is 9.00 Å². The van der Waals surface area contributed by atoms with Gasteiger partial charge in [-0.25, -0.2) is 4.79 Å². The summed E-state index contributed by atoms with van der Waals surface area (Å²) >= 11 is 0. The van der Waals surface area contributed by atoms with E-state index >= 15 is 0 Å². The highest BCUT2D eigenvalue weighted by Crippen LogP contribution is 2.45. The van der Waals surface area contributed by atoms with Crippen molar-refractivity contribution in [1.82, 2.24) is 4.90 Å². The summed E-state index contributed by atoms with van der Waals surface area (Å²) in [6, 6.07) is 9.06. The van der Waals surface area contributed by atoms with E-state index in [1.54, 1.807) is 13.8 Å². The Morgan fingerprint density at radius 2 is 2.08 bits per heavy atom. The Morgan fingerprint density at radius 3 is 2.69 bits per heavy atom. The van der Waals surface area contributed by atoms with Crippen LogP contribution in [0.5, 0.6) is 0 Å². The molecule has 4 unspecified atom stereocenters. The molecule has 3 rings (SSSR count). The molecule has 1 aromatic carbocycles. The molecule has 0 radical (unpaired) electrons. The molecule has 1 fully saturated rings. The summed E-state index contributed by atoms with van der Waals surface area (Å²) in [6.45, 7) is 3.51. The number of hydrogen-bond donors (Lipinski definition) is 1. The van der Waals surface area contributed by atoms with Crippen molar-refractivity contribution in [2.24, 2.45) is 5.92 Å². The van der Waals surface area contributed by atoms with Gasteiger partial charge in [-0.2, -0.15) is 0 Å². The second kappa shape index (κ2) is 7.72. The fraction of sp³-hybridized carbons (Fsp3) is 0.474. The second-order valence-corrected chi connectivity index (χ2v) is 8.40. The fourth-order valence-corrected chi connectivity index (χ4v) is 4.64. The van der Waals surface area contributed by atoms with Crippen molar-refractivity contribution in [2.45, 2.75) is 45.4 Å². The molecule has 2 aliphatic heterocycles. The molecule has 1 saturated heterocycles. The van der Waals surface area contributed by atoms with Crippen LogP contribution in [0.1, 0.15) is 32.3 Å². The van der Waals surface area contributed by atoms with Gasteiger partial charge in [0, 0.05) is 17.1 Å². The summed E-state index contributed by atoms with van der Waals surface area (Å²) in [6.07, 6.45) is 0.151. The molecular weight excluding hydrogens is 354 g/mol. The van der Waals surface area contributed by atoms with E-state index in [0.29, 0.717) is 23.5 Å². The number of nitrogens with zero attached hydrogens (tertiary/aromatic N) is 1. The minimum Gasteiger partial charge on any atom is -0.456 e. The quantitative estimate of drug-likeness (QED) is 0.578. The molecule has 6 nitrogen and oxygen atoms in total. The van der Waals surface area contributed by atoms with Crippen molar-refractivity contribution in [3.63, 3.8) is 0 Å². The van der Waals surface area contributed by atoms with Gasteiger partial charge in [0.05, 0.1) is 28.9 Å². The van der Waals surface area contributed by atoms with Crippen molar-refractivity contribution >= 4 is 22.7 Å². The average molecular weight is 377 g/mol. The number of rotatable bonds is 7. The van der Waals surface area contributed by atoms with Crippen LogP contribution in [-0.2, 0) is 31.7 Å². The highest BCUT2D eigenvalue weighted by Gasteiger charge is 2.56. The number of β-lactam (4-membered cyclic amide) rings is 1. The van der Waals surface area contributed by atoms with Gasteiger partial charge >= 0.3 is 5.97 Å². The van der Waals surface area contributed by atoms with E-state index < -0.39 is 22.9 Å². The minimum atomic E-state index is -1.32. The molecule has 0 aliphatic carbocycles. The molecule has 0 spiro atoms. The van der Waals surface area contributed by atoms with Gasteiger partial charge in [0.15, 0.2) is 0 Å². The van der Waals surface area contributed by atoms with E-state index in [2.05, 4.69) is 0 Å². The molecule has 1 aromatic rings. The number of esters is 1. The Morgan fingerprint density at radius 1 is 1.38 bits per heavy atom. The van der Waals surface area contributed by atoms with Gasteiger partial charge in [0.2, 0.25) is 5.91 Å². The molecule has 2 aliphatic rings. The maximum absolute atomic E-state index is 12.7.